The summed E-state index contributed by atoms with van der Waals surface area (Å²) < 4.78 is 13.3. The van der Waals surface area contributed by atoms with Gasteiger partial charge in [0.05, 0.1) is 5.25 Å². The fourth-order valence-electron chi connectivity index (χ4n) is 3.69. The highest BCUT2D eigenvalue weighted by atomic mass is 32.2. The molecule has 4 nitrogen and oxygen atoms in total. The summed E-state index contributed by atoms with van der Waals surface area (Å²) >= 11 is 1.46. The number of carbonyl (C=O) groups is 1. The minimum atomic E-state index is -0.280. The smallest absolute Gasteiger partial charge is 0.235 e. The minimum absolute atomic E-state index is 0.162. The molecule has 1 amide bonds. The summed E-state index contributed by atoms with van der Waals surface area (Å²) in [7, 11) is 0. The van der Waals surface area contributed by atoms with Crippen molar-refractivity contribution in [1.29, 1.82) is 0 Å². The molecule has 6 heteroatoms. The van der Waals surface area contributed by atoms with Crippen LogP contribution in [0.3, 0.4) is 0 Å². The molecule has 150 valence electrons. The van der Waals surface area contributed by atoms with Gasteiger partial charge in [0.2, 0.25) is 5.91 Å². The Morgan fingerprint density at radius 3 is 2.41 bits per heavy atom. The van der Waals surface area contributed by atoms with E-state index >= 15 is 0 Å². The number of hydrogen-bond donors (Lipinski definition) is 0. The van der Waals surface area contributed by atoms with E-state index in [1.54, 1.807) is 12.1 Å². The Morgan fingerprint density at radius 2 is 1.72 bits per heavy atom. The van der Waals surface area contributed by atoms with Crippen molar-refractivity contribution in [2.75, 3.05) is 13.1 Å². The average molecular weight is 410 g/mol. The van der Waals surface area contributed by atoms with E-state index in [0.717, 1.165) is 47.3 Å². The Hall–Kier alpha value is -2.47. The Kier molecular flexibility index (Phi) is 5.81. The number of hydrogen-bond acceptors (Lipinski definition) is 4. The van der Waals surface area contributed by atoms with Crippen LogP contribution in [-0.2, 0) is 4.79 Å². The second kappa shape index (κ2) is 8.49. The number of aromatic nitrogens is 2. The summed E-state index contributed by atoms with van der Waals surface area (Å²) in [5, 5.41) is 11.3. The van der Waals surface area contributed by atoms with Crippen LogP contribution in [-0.4, -0.2) is 39.3 Å². The number of halogens is 1. The molecule has 1 fully saturated rings. The lowest BCUT2D eigenvalue weighted by Gasteiger charge is -2.32. The SMILES string of the molecule is CC1CCN(C(=O)C(C)Sc2nnc(-c3ccc(F)cc3)c3ccccc23)CC1. The molecule has 1 unspecified atom stereocenters. The van der Waals surface area contributed by atoms with Gasteiger partial charge in [-0.1, -0.05) is 43.0 Å². The van der Waals surface area contributed by atoms with Gasteiger partial charge in [-0.05, 0) is 49.9 Å². The molecule has 3 aromatic rings. The van der Waals surface area contributed by atoms with E-state index in [1.165, 1.54) is 23.9 Å². The molecule has 2 heterocycles. The zero-order chi connectivity index (χ0) is 20.4. The van der Waals surface area contributed by atoms with Crippen LogP contribution in [0.2, 0.25) is 0 Å². The van der Waals surface area contributed by atoms with E-state index < -0.39 is 0 Å². The van der Waals surface area contributed by atoms with Crippen LogP contribution in [0, 0.1) is 11.7 Å². The van der Waals surface area contributed by atoms with Gasteiger partial charge in [-0.25, -0.2) is 4.39 Å². The zero-order valence-electron chi connectivity index (χ0n) is 16.6. The number of piperidine rings is 1. The van der Waals surface area contributed by atoms with E-state index in [2.05, 4.69) is 17.1 Å². The Morgan fingerprint density at radius 1 is 1.07 bits per heavy atom. The van der Waals surface area contributed by atoms with Crippen molar-refractivity contribution >= 4 is 28.4 Å². The third-order valence-corrected chi connectivity index (χ3v) is 6.58. The maximum atomic E-state index is 13.3. The van der Waals surface area contributed by atoms with E-state index in [1.807, 2.05) is 36.1 Å². The largest absolute Gasteiger partial charge is 0.342 e. The van der Waals surface area contributed by atoms with Gasteiger partial charge in [0, 0.05) is 29.4 Å². The maximum absolute atomic E-state index is 13.3. The van der Waals surface area contributed by atoms with Crippen LogP contribution in [0.25, 0.3) is 22.0 Å². The first-order chi connectivity index (χ1) is 14.0. The normalized spacial score (nSPS) is 16.2. The standard InChI is InChI=1S/C23H24FN3OS/c1-15-11-13-27(14-12-15)23(28)16(2)29-22-20-6-4-3-5-19(20)21(25-26-22)17-7-9-18(24)10-8-17/h3-10,15-16H,11-14H2,1-2H3. The van der Waals surface area contributed by atoms with Gasteiger partial charge in [0.1, 0.15) is 16.5 Å². The number of rotatable bonds is 4. The molecule has 2 aromatic carbocycles. The molecule has 1 aliphatic rings. The van der Waals surface area contributed by atoms with Crippen molar-refractivity contribution in [2.24, 2.45) is 5.92 Å². The van der Waals surface area contributed by atoms with E-state index in [-0.39, 0.29) is 17.0 Å². The molecule has 0 saturated carbocycles. The summed E-state index contributed by atoms with van der Waals surface area (Å²) in [6, 6.07) is 14.2. The highest BCUT2D eigenvalue weighted by molar-refractivity contribution is 8.00. The van der Waals surface area contributed by atoms with Gasteiger partial charge >= 0.3 is 0 Å². The quantitative estimate of drug-likeness (QED) is 0.558. The van der Waals surface area contributed by atoms with Crippen LogP contribution in [0.4, 0.5) is 4.39 Å². The van der Waals surface area contributed by atoms with Crippen molar-refractivity contribution in [2.45, 2.75) is 37.0 Å². The first-order valence-corrected chi connectivity index (χ1v) is 10.9. The number of thioether (sulfide) groups is 1. The molecule has 0 aliphatic carbocycles. The van der Waals surface area contributed by atoms with Crippen molar-refractivity contribution in [3.05, 3.63) is 54.3 Å². The van der Waals surface area contributed by atoms with Crippen molar-refractivity contribution < 1.29 is 9.18 Å². The van der Waals surface area contributed by atoms with Crippen molar-refractivity contribution in [1.82, 2.24) is 15.1 Å². The number of carbonyl (C=O) groups excluding carboxylic acids is 1. The second-order valence-corrected chi connectivity index (χ2v) is 9.00. The summed E-state index contributed by atoms with van der Waals surface area (Å²) in [6.07, 6.45) is 2.14. The number of amides is 1. The van der Waals surface area contributed by atoms with Gasteiger partial charge < -0.3 is 4.90 Å². The van der Waals surface area contributed by atoms with Gasteiger partial charge in [0.25, 0.3) is 0 Å². The molecule has 0 radical (unpaired) electrons. The molecule has 29 heavy (non-hydrogen) atoms. The van der Waals surface area contributed by atoms with Crippen molar-refractivity contribution in [3.63, 3.8) is 0 Å². The minimum Gasteiger partial charge on any atom is -0.342 e. The highest BCUT2D eigenvalue weighted by Crippen LogP contribution is 2.34. The fraction of sp³-hybridized carbons (Fsp3) is 0.348. The van der Waals surface area contributed by atoms with E-state index in [0.29, 0.717) is 11.6 Å². The molecule has 1 aromatic heterocycles. The van der Waals surface area contributed by atoms with Crippen LogP contribution in [0.15, 0.2) is 53.6 Å². The molecule has 0 N–H and O–H groups in total. The van der Waals surface area contributed by atoms with Crippen LogP contribution in [0.1, 0.15) is 26.7 Å². The summed E-state index contributed by atoms with van der Waals surface area (Å²) in [4.78, 5) is 14.9. The number of fused-ring (bicyclic) bond motifs is 1. The van der Waals surface area contributed by atoms with Crippen LogP contribution < -0.4 is 0 Å². The number of nitrogens with zero attached hydrogens (tertiary/aromatic N) is 3. The lowest BCUT2D eigenvalue weighted by Crippen LogP contribution is -2.41. The van der Waals surface area contributed by atoms with Crippen LogP contribution in [0.5, 0.6) is 0 Å². The first kappa shape index (κ1) is 19.8. The second-order valence-electron chi connectivity index (χ2n) is 7.67. The molecular formula is C23H24FN3OS. The number of likely N-dealkylation sites (tertiary alicyclic amines) is 1. The Bertz CT molecular complexity index is 1020. The van der Waals surface area contributed by atoms with E-state index in [4.69, 9.17) is 0 Å². The van der Waals surface area contributed by atoms with Gasteiger partial charge in [0.15, 0.2) is 0 Å². The Labute approximate surface area is 174 Å². The molecule has 1 saturated heterocycles. The average Bonchev–Trinajstić information content (AvgIpc) is 2.75. The molecule has 4 rings (SSSR count). The van der Waals surface area contributed by atoms with Crippen molar-refractivity contribution in [3.8, 4) is 11.3 Å². The topological polar surface area (TPSA) is 46.1 Å². The third-order valence-electron chi connectivity index (χ3n) is 5.50. The number of benzene rings is 2. The maximum Gasteiger partial charge on any atom is 0.235 e. The van der Waals surface area contributed by atoms with Gasteiger partial charge in [-0.2, -0.15) is 0 Å². The van der Waals surface area contributed by atoms with Crippen LogP contribution >= 0.6 is 11.8 Å². The lowest BCUT2D eigenvalue weighted by atomic mass is 9.99. The first-order valence-electron chi connectivity index (χ1n) is 9.99. The monoisotopic (exact) mass is 409 g/mol. The highest BCUT2D eigenvalue weighted by Gasteiger charge is 2.26. The van der Waals surface area contributed by atoms with E-state index in [9.17, 15) is 9.18 Å². The molecule has 0 spiro atoms. The Balaban J connectivity index is 1.61. The molecule has 1 atom stereocenters. The van der Waals surface area contributed by atoms with Gasteiger partial charge in [-0.3, -0.25) is 4.79 Å². The summed E-state index contributed by atoms with van der Waals surface area (Å²) in [5.41, 5.74) is 1.53. The lowest BCUT2D eigenvalue weighted by molar-refractivity contribution is -0.131. The van der Waals surface area contributed by atoms with Gasteiger partial charge in [-0.15, -0.1) is 10.2 Å². The summed E-state index contributed by atoms with van der Waals surface area (Å²) in [6.45, 7) is 5.85. The zero-order valence-corrected chi connectivity index (χ0v) is 17.5. The summed E-state index contributed by atoms with van der Waals surface area (Å²) in [5.74, 6) is 0.573. The third kappa shape index (κ3) is 4.27. The molecule has 1 aliphatic heterocycles. The molecular weight excluding hydrogens is 385 g/mol. The molecule has 0 bridgehead atoms. The predicted molar refractivity (Wildman–Crippen MR) is 115 cm³/mol. The predicted octanol–water partition coefficient (Wildman–Crippen LogP) is 5.18. The fourth-order valence-corrected chi connectivity index (χ4v) is 4.67.